The average Bonchev–Trinajstić information content (AvgIpc) is 3.03. The number of nitrogens with two attached hydrogens (primary N) is 1. The normalized spacial score (nSPS) is 28.0. The van der Waals surface area contributed by atoms with Crippen LogP contribution >= 0.6 is 15.9 Å². The predicted molar refractivity (Wildman–Crippen MR) is 82.2 cm³/mol. The maximum atomic E-state index is 12.9. The van der Waals surface area contributed by atoms with Crippen molar-refractivity contribution in [1.29, 1.82) is 0 Å². The van der Waals surface area contributed by atoms with Crippen LogP contribution in [-0.2, 0) is 16.6 Å². The largest absolute Gasteiger partial charge is 0.452 e. The van der Waals surface area contributed by atoms with Crippen LogP contribution < -0.4 is 5.73 Å². The molecule has 8 heteroatoms. The molecular formula is C13H20BrN3O3S. The lowest BCUT2D eigenvalue weighted by atomic mass is 10.1. The first-order chi connectivity index (χ1) is 9.93. The van der Waals surface area contributed by atoms with E-state index in [4.69, 9.17) is 10.2 Å². The van der Waals surface area contributed by atoms with Gasteiger partial charge in [-0.25, -0.2) is 8.42 Å². The van der Waals surface area contributed by atoms with Gasteiger partial charge in [0.05, 0.1) is 6.54 Å². The quantitative estimate of drug-likeness (QED) is 0.859. The number of fused-ring (bicyclic) bond motifs is 1. The molecule has 0 amide bonds. The Kier molecular flexibility index (Phi) is 4.17. The lowest BCUT2D eigenvalue weighted by molar-refractivity contribution is 0.117. The van der Waals surface area contributed by atoms with Crippen LogP contribution in [0.25, 0.3) is 0 Å². The molecule has 6 nitrogen and oxygen atoms in total. The molecular weight excluding hydrogens is 358 g/mol. The summed E-state index contributed by atoms with van der Waals surface area (Å²) >= 11 is 3.20. The molecule has 0 saturated carbocycles. The molecule has 0 radical (unpaired) electrons. The number of rotatable bonds is 3. The fourth-order valence-corrected chi connectivity index (χ4v) is 5.92. The van der Waals surface area contributed by atoms with Gasteiger partial charge in [-0.1, -0.05) is 0 Å². The molecule has 0 spiro atoms. The lowest BCUT2D eigenvalue weighted by Gasteiger charge is -2.41. The van der Waals surface area contributed by atoms with Crippen molar-refractivity contribution in [3.8, 4) is 0 Å². The van der Waals surface area contributed by atoms with E-state index in [1.165, 1.54) is 6.07 Å². The number of hydrogen-bond acceptors (Lipinski definition) is 5. The van der Waals surface area contributed by atoms with E-state index in [1.807, 2.05) is 6.92 Å². The van der Waals surface area contributed by atoms with Crippen molar-refractivity contribution in [2.75, 3.05) is 19.6 Å². The molecule has 3 heterocycles. The molecule has 118 valence electrons. The van der Waals surface area contributed by atoms with Crippen LogP contribution in [-0.4, -0.2) is 49.3 Å². The maximum Gasteiger partial charge on any atom is 0.247 e. The summed E-state index contributed by atoms with van der Waals surface area (Å²) in [5.41, 5.74) is 5.52. The van der Waals surface area contributed by atoms with E-state index in [0.29, 0.717) is 18.3 Å². The van der Waals surface area contributed by atoms with Crippen LogP contribution in [0, 0.1) is 0 Å². The molecule has 1 aromatic heterocycles. The highest BCUT2D eigenvalue weighted by Crippen LogP contribution is 2.33. The van der Waals surface area contributed by atoms with Crippen molar-refractivity contribution < 1.29 is 12.8 Å². The number of furan rings is 1. The predicted octanol–water partition coefficient (Wildman–Crippen LogP) is 1.36. The molecule has 2 unspecified atom stereocenters. The standard InChI is InChI=1S/C13H20BrN3O3S/c1-9-7-16-4-2-3-10(16)8-17(9)21(18,19)12-5-11(6-15)20-13(12)14/h5,9-10H,2-4,6-8,15H2,1H3. The van der Waals surface area contributed by atoms with Gasteiger partial charge < -0.3 is 10.2 Å². The first-order valence-electron chi connectivity index (χ1n) is 7.17. The topological polar surface area (TPSA) is 79.8 Å². The molecule has 2 aliphatic rings. The van der Waals surface area contributed by atoms with Gasteiger partial charge in [0.2, 0.25) is 10.0 Å². The van der Waals surface area contributed by atoms with Crippen LogP contribution in [0.4, 0.5) is 0 Å². The van der Waals surface area contributed by atoms with Crippen LogP contribution in [0.3, 0.4) is 0 Å². The highest BCUT2D eigenvalue weighted by molar-refractivity contribution is 9.10. The molecule has 2 fully saturated rings. The molecule has 2 saturated heterocycles. The fourth-order valence-electron chi connectivity index (χ4n) is 3.30. The Morgan fingerprint density at radius 2 is 2.24 bits per heavy atom. The Morgan fingerprint density at radius 1 is 1.48 bits per heavy atom. The molecule has 0 aliphatic carbocycles. The zero-order chi connectivity index (χ0) is 15.2. The monoisotopic (exact) mass is 377 g/mol. The van der Waals surface area contributed by atoms with Gasteiger partial charge in [-0.2, -0.15) is 4.31 Å². The minimum Gasteiger partial charge on any atom is -0.452 e. The summed E-state index contributed by atoms with van der Waals surface area (Å²) in [6.45, 7) is 4.57. The Balaban J connectivity index is 1.91. The van der Waals surface area contributed by atoms with Crippen molar-refractivity contribution in [2.45, 2.75) is 43.3 Å². The van der Waals surface area contributed by atoms with Gasteiger partial charge in [0.15, 0.2) is 4.67 Å². The number of hydrogen-bond donors (Lipinski definition) is 1. The zero-order valence-corrected chi connectivity index (χ0v) is 14.4. The fraction of sp³-hybridized carbons (Fsp3) is 0.692. The van der Waals surface area contributed by atoms with Gasteiger partial charge in [0, 0.05) is 31.2 Å². The Bertz CT molecular complexity index is 631. The van der Waals surface area contributed by atoms with Crippen molar-refractivity contribution in [3.05, 3.63) is 16.5 Å². The van der Waals surface area contributed by atoms with Crippen LogP contribution in [0.2, 0.25) is 0 Å². The van der Waals surface area contributed by atoms with Crippen LogP contribution in [0.15, 0.2) is 20.0 Å². The third kappa shape index (κ3) is 2.68. The first kappa shape index (κ1) is 15.5. The molecule has 1 aromatic rings. The third-order valence-corrected chi connectivity index (χ3v) is 7.21. The lowest BCUT2D eigenvalue weighted by Crippen LogP contribution is -2.56. The highest BCUT2D eigenvalue weighted by Gasteiger charge is 2.41. The summed E-state index contributed by atoms with van der Waals surface area (Å²) in [6, 6.07) is 1.83. The maximum absolute atomic E-state index is 12.9. The van der Waals surface area contributed by atoms with Gasteiger partial charge in [0.1, 0.15) is 10.7 Å². The summed E-state index contributed by atoms with van der Waals surface area (Å²) in [6.07, 6.45) is 2.22. The summed E-state index contributed by atoms with van der Waals surface area (Å²) < 4.78 is 33.0. The molecule has 2 aliphatic heterocycles. The molecule has 2 N–H and O–H groups in total. The van der Waals surface area contributed by atoms with Gasteiger partial charge in [-0.3, -0.25) is 4.90 Å². The number of halogens is 1. The minimum absolute atomic E-state index is 0.0347. The molecule has 0 aromatic carbocycles. The molecule has 3 rings (SSSR count). The Labute approximate surface area is 133 Å². The van der Waals surface area contributed by atoms with Crippen molar-refractivity contribution in [3.63, 3.8) is 0 Å². The van der Waals surface area contributed by atoms with Crippen molar-refractivity contribution in [2.24, 2.45) is 5.73 Å². The SMILES string of the molecule is CC1CN2CCCC2CN1S(=O)(=O)c1cc(CN)oc1Br. The molecule has 2 atom stereocenters. The summed E-state index contributed by atoms with van der Waals surface area (Å²) in [4.78, 5) is 2.58. The number of nitrogens with zero attached hydrogens (tertiary/aromatic N) is 2. The summed E-state index contributed by atoms with van der Waals surface area (Å²) in [5, 5.41) is 0. The average molecular weight is 378 g/mol. The minimum atomic E-state index is -3.56. The van der Waals surface area contributed by atoms with E-state index in [0.717, 1.165) is 25.9 Å². The van der Waals surface area contributed by atoms with Gasteiger partial charge in [-0.05, 0) is 42.2 Å². The summed E-state index contributed by atoms with van der Waals surface area (Å²) in [5.74, 6) is 0.465. The first-order valence-corrected chi connectivity index (χ1v) is 9.41. The van der Waals surface area contributed by atoms with Crippen LogP contribution in [0.1, 0.15) is 25.5 Å². The molecule has 0 bridgehead atoms. The van der Waals surface area contributed by atoms with Gasteiger partial charge >= 0.3 is 0 Å². The second-order valence-electron chi connectivity index (χ2n) is 5.77. The Hall–Kier alpha value is -0.410. The second kappa shape index (κ2) is 5.66. The number of piperazine rings is 1. The van der Waals surface area contributed by atoms with E-state index >= 15 is 0 Å². The van der Waals surface area contributed by atoms with Gasteiger partial charge in [0.25, 0.3) is 0 Å². The molecule has 21 heavy (non-hydrogen) atoms. The van der Waals surface area contributed by atoms with Crippen molar-refractivity contribution >= 4 is 26.0 Å². The Morgan fingerprint density at radius 3 is 2.90 bits per heavy atom. The summed E-state index contributed by atoms with van der Waals surface area (Å²) in [7, 11) is -3.56. The van der Waals surface area contributed by atoms with E-state index in [2.05, 4.69) is 20.8 Å². The second-order valence-corrected chi connectivity index (χ2v) is 8.35. The van der Waals surface area contributed by atoms with Gasteiger partial charge in [-0.15, -0.1) is 0 Å². The van der Waals surface area contributed by atoms with E-state index in [1.54, 1.807) is 4.31 Å². The van der Waals surface area contributed by atoms with Crippen molar-refractivity contribution in [1.82, 2.24) is 9.21 Å². The zero-order valence-electron chi connectivity index (χ0n) is 12.0. The van der Waals surface area contributed by atoms with E-state index in [9.17, 15) is 8.42 Å². The van der Waals surface area contributed by atoms with E-state index in [-0.39, 0.29) is 22.2 Å². The third-order valence-electron chi connectivity index (χ3n) is 4.37. The van der Waals surface area contributed by atoms with Crippen LogP contribution in [0.5, 0.6) is 0 Å². The number of sulfonamides is 1. The highest BCUT2D eigenvalue weighted by atomic mass is 79.9. The smallest absolute Gasteiger partial charge is 0.247 e. The van der Waals surface area contributed by atoms with E-state index < -0.39 is 10.0 Å².